The van der Waals surface area contributed by atoms with Crippen LogP contribution in [-0.2, 0) is 6.54 Å². The Kier molecular flexibility index (Phi) is 7.74. The molecule has 1 fully saturated rings. The fourth-order valence-corrected chi connectivity index (χ4v) is 2.84. The first-order valence-corrected chi connectivity index (χ1v) is 7.77. The van der Waals surface area contributed by atoms with Crippen LogP contribution < -0.4 is 10.6 Å². The lowest BCUT2D eigenvalue weighted by atomic mass is 9.67. The van der Waals surface area contributed by atoms with E-state index in [0.29, 0.717) is 23.5 Å². The molecule has 2 N–H and O–H groups in total. The molecule has 128 valence electrons. The van der Waals surface area contributed by atoms with Gasteiger partial charge in [-0.2, -0.15) is 0 Å². The molecular weight excluding hydrogens is 407 g/mol. The number of hydrogen-bond acceptors (Lipinski definition) is 3. The van der Waals surface area contributed by atoms with E-state index >= 15 is 0 Å². The zero-order valence-corrected chi connectivity index (χ0v) is 16.0. The summed E-state index contributed by atoms with van der Waals surface area (Å²) in [6.45, 7) is 3.51. The van der Waals surface area contributed by atoms with Gasteiger partial charge in [-0.25, -0.2) is 0 Å². The highest BCUT2D eigenvalue weighted by atomic mass is 127. The van der Waals surface area contributed by atoms with E-state index in [1.54, 1.807) is 25.2 Å². The van der Waals surface area contributed by atoms with E-state index in [9.17, 15) is 10.1 Å². The first kappa shape index (κ1) is 19.7. The van der Waals surface area contributed by atoms with Crippen molar-refractivity contribution in [2.24, 2.45) is 10.4 Å². The van der Waals surface area contributed by atoms with Crippen LogP contribution in [0.1, 0.15) is 38.2 Å². The van der Waals surface area contributed by atoms with E-state index in [1.165, 1.54) is 31.7 Å². The molecule has 0 radical (unpaired) electrons. The summed E-state index contributed by atoms with van der Waals surface area (Å²) in [7, 11) is 1.72. The number of rotatable bonds is 6. The average molecular weight is 432 g/mol. The maximum absolute atomic E-state index is 11.0. The quantitative estimate of drug-likeness (QED) is 0.237. The fraction of sp³-hybridized carbons (Fsp3) is 0.562. The Hall–Kier alpha value is -1.38. The van der Waals surface area contributed by atoms with Crippen molar-refractivity contribution in [1.29, 1.82) is 0 Å². The fourth-order valence-electron chi connectivity index (χ4n) is 2.84. The van der Waals surface area contributed by atoms with E-state index in [0.717, 1.165) is 6.54 Å². The van der Waals surface area contributed by atoms with Gasteiger partial charge in [0, 0.05) is 31.8 Å². The maximum atomic E-state index is 11.0. The molecule has 7 heteroatoms. The monoisotopic (exact) mass is 432 g/mol. The third-order valence-electron chi connectivity index (χ3n) is 4.65. The van der Waals surface area contributed by atoms with Crippen LogP contribution in [0.2, 0.25) is 0 Å². The Morgan fingerprint density at radius 3 is 2.57 bits per heavy atom. The van der Waals surface area contributed by atoms with Crippen LogP contribution in [0.5, 0.6) is 0 Å². The first-order chi connectivity index (χ1) is 10.6. The van der Waals surface area contributed by atoms with E-state index in [-0.39, 0.29) is 34.6 Å². The lowest BCUT2D eigenvalue weighted by Crippen LogP contribution is -2.46. The Labute approximate surface area is 154 Å². The van der Waals surface area contributed by atoms with Crippen molar-refractivity contribution in [3.8, 4) is 0 Å². The van der Waals surface area contributed by atoms with Gasteiger partial charge in [0.05, 0.1) is 4.92 Å². The van der Waals surface area contributed by atoms with Crippen molar-refractivity contribution in [3.05, 3.63) is 39.9 Å². The normalized spacial score (nSPS) is 16.0. The number of aliphatic imine (C=N–C) groups is 1. The molecule has 0 heterocycles. The first-order valence-electron chi connectivity index (χ1n) is 7.77. The second-order valence-corrected chi connectivity index (χ2v) is 5.87. The number of nitro groups is 1. The molecule has 2 rings (SSSR count). The molecule has 0 saturated heterocycles. The zero-order chi connectivity index (χ0) is 16.0. The SMILES string of the molecule is CCC1(CNC(=NC)NCc2ccccc2[N+](=O)[O-])CCC1.I. The number of benzene rings is 1. The van der Waals surface area contributed by atoms with Gasteiger partial charge in [-0.15, -0.1) is 24.0 Å². The van der Waals surface area contributed by atoms with Gasteiger partial charge in [-0.05, 0) is 24.7 Å². The molecule has 1 saturated carbocycles. The Balaban J connectivity index is 0.00000264. The summed E-state index contributed by atoms with van der Waals surface area (Å²) in [5.74, 6) is 0.692. The minimum absolute atomic E-state index is 0. The molecule has 0 aliphatic heterocycles. The minimum atomic E-state index is -0.354. The molecule has 1 aromatic rings. The van der Waals surface area contributed by atoms with Crippen LogP contribution in [0.4, 0.5) is 5.69 Å². The predicted molar refractivity (Wildman–Crippen MR) is 103 cm³/mol. The number of nitrogens with one attached hydrogen (secondary N) is 2. The van der Waals surface area contributed by atoms with Crippen molar-refractivity contribution >= 4 is 35.6 Å². The maximum Gasteiger partial charge on any atom is 0.274 e. The number of halogens is 1. The van der Waals surface area contributed by atoms with Crippen molar-refractivity contribution < 1.29 is 4.92 Å². The Morgan fingerprint density at radius 1 is 1.35 bits per heavy atom. The van der Waals surface area contributed by atoms with Crippen molar-refractivity contribution in [2.45, 2.75) is 39.2 Å². The minimum Gasteiger partial charge on any atom is -0.356 e. The van der Waals surface area contributed by atoms with Crippen LogP contribution in [0.25, 0.3) is 0 Å². The second kappa shape index (κ2) is 9.05. The average Bonchev–Trinajstić information content (AvgIpc) is 2.49. The smallest absolute Gasteiger partial charge is 0.274 e. The topological polar surface area (TPSA) is 79.6 Å². The van der Waals surface area contributed by atoms with E-state index in [1.807, 2.05) is 0 Å². The van der Waals surface area contributed by atoms with Gasteiger partial charge in [-0.1, -0.05) is 31.5 Å². The second-order valence-electron chi connectivity index (χ2n) is 5.87. The molecule has 0 spiro atoms. The van der Waals surface area contributed by atoms with Crippen LogP contribution >= 0.6 is 24.0 Å². The number of guanidine groups is 1. The number of nitrogens with zero attached hydrogens (tertiary/aromatic N) is 2. The molecule has 1 aliphatic rings. The lowest BCUT2D eigenvalue weighted by molar-refractivity contribution is -0.385. The van der Waals surface area contributed by atoms with Crippen molar-refractivity contribution in [2.75, 3.05) is 13.6 Å². The molecule has 1 aliphatic carbocycles. The van der Waals surface area contributed by atoms with Gasteiger partial charge in [0.2, 0.25) is 0 Å². The van der Waals surface area contributed by atoms with Gasteiger partial charge in [0.25, 0.3) is 5.69 Å². The molecule has 0 amide bonds. The predicted octanol–water partition coefficient (Wildman–Crippen LogP) is 3.46. The van der Waals surface area contributed by atoms with Gasteiger partial charge in [0.1, 0.15) is 0 Å². The summed E-state index contributed by atoms with van der Waals surface area (Å²) >= 11 is 0. The summed E-state index contributed by atoms with van der Waals surface area (Å²) < 4.78 is 0. The van der Waals surface area contributed by atoms with Crippen LogP contribution in [0.3, 0.4) is 0 Å². The summed E-state index contributed by atoms with van der Waals surface area (Å²) in [4.78, 5) is 14.9. The number of hydrogen-bond donors (Lipinski definition) is 2. The molecule has 0 bridgehead atoms. The zero-order valence-electron chi connectivity index (χ0n) is 13.7. The molecule has 0 atom stereocenters. The summed E-state index contributed by atoms with van der Waals surface area (Å²) in [6, 6.07) is 6.77. The standard InChI is InChI=1S/C16H24N4O2.HI/c1-3-16(9-6-10-16)12-19-15(17-2)18-11-13-7-4-5-8-14(13)20(21)22;/h4-5,7-8H,3,6,9-12H2,1-2H3,(H2,17,18,19);1H. The summed E-state index contributed by atoms with van der Waals surface area (Å²) in [5.41, 5.74) is 1.19. The highest BCUT2D eigenvalue weighted by molar-refractivity contribution is 14.0. The molecular formula is C16H25IN4O2. The van der Waals surface area contributed by atoms with E-state index < -0.39 is 0 Å². The highest BCUT2D eigenvalue weighted by Gasteiger charge is 2.34. The number of nitro benzene ring substituents is 1. The molecule has 1 aromatic carbocycles. The van der Waals surface area contributed by atoms with Gasteiger partial charge in [-0.3, -0.25) is 15.1 Å². The van der Waals surface area contributed by atoms with Crippen LogP contribution in [0, 0.1) is 15.5 Å². The van der Waals surface area contributed by atoms with Gasteiger partial charge in [0.15, 0.2) is 5.96 Å². The van der Waals surface area contributed by atoms with E-state index in [2.05, 4.69) is 22.5 Å². The molecule has 0 aromatic heterocycles. The Bertz CT molecular complexity index is 553. The van der Waals surface area contributed by atoms with Crippen molar-refractivity contribution in [3.63, 3.8) is 0 Å². The van der Waals surface area contributed by atoms with Gasteiger partial charge < -0.3 is 10.6 Å². The van der Waals surface area contributed by atoms with Crippen LogP contribution in [0.15, 0.2) is 29.3 Å². The largest absolute Gasteiger partial charge is 0.356 e. The summed E-state index contributed by atoms with van der Waals surface area (Å²) in [6.07, 6.45) is 4.99. The van der Waals surface area contributed by atoms with Crippen LogP contribution in [-0.4, -0.2) is 24.5 Å². The summed E-state index contributed by atoms with van der Waals surface area (Å²) in [5, 5.41) is 17.5. The van der Waals surface area contributed by atoms with E-state index in [4.69, 9.17) is 0 Å². The Morgan fingerprint density at radius 2 is 2.04 bits per heavy atom. The molecule has 23 heavy (non-hydrogen) atoms. The molecule has 6 nitrogen and oxygen atoms in total. The molecule has 0 unspecified atom stereocenters. The van der Waals surface area contributed by atoms with Gasteiger partial charge >= 0.3 is 0 Å². The lowest BCUT2D eigenvalue weighted by Gasteiger charge is -2.41. The number of para-hydroxylation sites is 1. The third kappa shape index (κ3) is 5.05. The highest BCUT2D eigenvalue weighted by Crippen LogP contribution is 2.42. The third-order valence-corrected chi connectivity index (χ3v) is 4.65. The van der Waals surface area contributed by atoms with Crippen molar-refractivity contribution in [1.82, 2.24) is 10.6 Å².